The number of ether oxygens (including phenoxy) is 2. The summed E-state index contributed by atoms with van der Waals surface area (Å²) in [5.41, 5.74) is 0. The summed E-state index contributed by atoms with van der Waals surface area (Å²) in [6.45, 7) is 9.22. The normalized spacial score (nSPS) is 19.4. The van der Waals surface area contributed by atoms with E-state index in [9.17, 15) is 0 Å². The lowest BCUT2D eigenvalue weighted by atomic mass is 10.1. The van der Waals surface area contributed by atoms with Crippen LogP contribution in [-0.2, 0) is 22.6 Å². The van der Waals surface area contributed by atoms with Gasteiger partial charge in [0.25, 0.3) is 0 Å². The Bertz CT molecular complexity index is 356. The number of nitrogens with one attached hydrogen (secondary N) is 1. The highest BCUT2D eigenvalue weighted by atomic mass is 16.5. The average Bonchev–Trinajstić information content (AvgIpc) is 3.00. The molecule has 1 aromatic heterocycles. The number of rotatable bonds is 8. The van der Waals surface area contributed by atoms with Gasteiger partial charge < -0.3 is 19.2 Å². The molecule has 108 valence electrons. The highest BCUT2D eigenvalue weighted by Gasteiger charge is 2.15. The molecule has 0 bridgehead atoms. The van der Waals surface area contributed by atoms with Gasteiger partial charge >= 0.3 is 0 Å². The topological polar surface area (TPSA) is 43.6 Å². The maximum absolute atomic E-state index is 5.71. The zero-order chi connectivity index (χ0) is 13.5. The first kappa shape index (κ1) is 14.6. The minimum atomic E-state index is 0.556. The van der Waals surface area contributed by atoms with Crippen LogP contribution in [0.3, 0.4) is 0 Å². The van der Waals surface area contributed by atoms with E-state index in [0.29, 0.717) is 18.4 Å². The van der Waals surface area contributed by atoms with Crippen LogP contribution in [0.2, 0.25) is 0 Å². The van der Waals surface area contributed by atoms with Crippen molar-refractivity contribution in [2.24, 2.45) is 11.8 Å². The van der Waals surface area contributed by atoms with Gasteiger partial charge in [0, 0.05) is 12.5 Å². The van der Waals surface area contributed by atoms with E-state index in [1.54, 1.807) is 0 Å². The Hall–Kier alpha value is -0.840. The van der Waals surface area contributed by atoms with E-state index in [2.05, 4.69) is 19.2 Å². The minimum Gasteiger partial charge on any atom is -0.462 e. The quantitative estimate of drug-likeness (QED) is 0.786. The fourth-order valence-corrected chi connectivity index (χ4v) is 2.12. The smallest absolute Gasteiger partial charge is 0.129 e. The molecule has 0 spiro atoms. The van der Waals surface area contributed by atoms with E-state index in [4.69, 9.17) is 13.9 Å². The Balaban J connectivity index is 1.62. The van der Waals surface area contributed by atoms with Crippen LogP contribution >= 0.6 is 0 Å². The SMILES string of the molecule is CC(C)CNCc1ccc(COCC2CCOC2)o1. The summed E-state index contributed by atoms with van der Waals surface area (Å²) in [7, 11) is 0. The van der Waals surface area contributed by atoms with Gasteiger partial charge in [-0.3, -0.25) is 0 Å². The molecular weight excluding hydrogens is 242 g/mol. The molecule has 1 fully saturated rings. The summed E-state index contributed by atoms with van der Waals surface area (Å²) in [5.74, 6) is 3.09. The molecule has 1 aromatic rings. The zero-order valence-corrected chi connectivity index (χ0v) is 12.0. The van der Waals surface area contributed by atoms with Crippen LogP contribution < -0.4 is 5.32 Å². The standard InChI is InChI=1S/C15H25NO3/c1-12(2)7-16-8-14-3-4-15(19-14)11-18-10-13-5-6-17-9-13/h3-4,12-13,16H,5-11H2,1-2H3. The molecule has 1 atom stereocenters. The number of hydrogen-bond acceptors (Lipinski definition) is 4. The second-order valence-electron chi connectivity index (χ2n) is 5.64. The van der Waals surface area contributed by atoms with Gasteiger partial charge in [-0.2, -0.15) is 0 Å². The summed E-state index contributed by atoms with van der Waals surface area (Å²) in [6, 6.07) is 4.02. The van der Waals surface area contributed by atoms with Crippen molar-refractivity contribution >= 4 is 0 Å². The Morgan fingerprint density at radius 3 is 2.95 bits per heavy atom. The molecule has 4 heteroatoms. The van der Waals surface area contributed by atoms with Crippen molar-refractivity contribution in [2.45, 2.75) is 33.4 Å². The van der Waals surface area contributed by atoms with E-state index in [0.717, 1.165) is 50.9 Å². The van der Waals surface area contributed by atoms with E-state index in [-0.39, 0.29) is 0 Å². The molecule has 1 aliphatic heterocycles. The van der Waals surface area contributed by atoms with Crippen LogP contribution in [0.25, 0.3) is 0 Å². The Kier molecular flexibility index (Phi) is 5.89. The maximum atomic E-state index is 5.71. The van der Waals surface area contributed by atoms with Gasteiger partial charge in [-0.25, -0.2) is 0 Å². The number of hydrogen-bond donors (Lipinski definition) is 1. The van der Waals surface area contributed by atoms with E-state index in [1.807, 2.05) is 12.1 Å². The fraction of sp³-hybridized carbons (Fsp3) is 0.733. The third-order valence-electron chi connectivity index (χ3n) is 3.19. The van der Waals surface area contributed by atoms with Crippen LogP contribution in [-0.4, -0.2) is 26.4 Å². The first-order valence-electron chi connectivity index (χ1n) is 7.18. The maximum Gasteiger partial charge on any atom is 0.129 e. The molecule has 1 N–H and O–H groups in total. The molecule has 0 amide bonds. The summed E-state index contributed by atoms with van der Waals surface area (Å²) < 4.78 is 16.7. The van der Waals surface area contributed by atoms with Crippen LogP contribution in [0, 0.1) is 11.8 Å². The van der Waals surface area contributed by atoms with Gasteiger partial charge in [0.2, 0.25) is 0 Å². The molecule has 0 aromatic carbocycles. The molecule has 2 heterocycles. The summed E-state index contributed by atoms with van der Waals surface area (Å²) in [5, 5.41) is 3.36. The summed E-state index contributed by atoms with van der Waals surface area (Å²) in [6.07, 6.45) is 1.11. The van der Waals surface area contributed by atoms with Crippen molar-refractivity contribution in [3.05, 3.63) is 23.7 Å². The summed E-state index contributed by atoms with van der Waals surface area (Å²) in [4.78, 5) is 0. The van der Waals surface area contributed by atoms with Gasteiger partial charge in [0.05, 0.1) is 19.8 Å². The largest absolute Gasteiger partial charge is 0.462 e. The predicted octanol–water partition coefficient (Wildman–Crippen LogP) is 2.58. The van der Waals surface area contributed by atoms with Crippen molar-refractivity contribution in [1.29, 1.82) is 0 Å². The molecule has 1 saturated heterocycles. The fourth-order valence-electron chi connectivity index (χ4n) is 2.12. The molecule has 0 aliphatic carbocycles. The second-order valence-corrected chi connectivity index (χ2v) is 5.64. The van der Waals surface area contributed by atoms with Gasteiger partial charge in [0.1, 0.15) is 18.1 Å². The first-order chi connectivity index (χ1) is 9.24. The lowest BCUT2D eigenvalue weighted by Crippen LogP contribution is -2.18. The lowest BCUT2D eigenvalue weighted by molar-refractivity contribution is 0.0685. The minimum absolute atomic E-state index is 0.556. The highest BCUT2D eigenvalue weighted by molar-refractivity contribution is 5.06. The second kappa shape index (κ2) is 7.68. The third-order valence-corrected chi connectivity index (χ3v) is 3.19. The predicted molar refractivity (Wildman–Crippen MR) is 73.8 cm³/mol. The zero-order valence-electron chi connectivity index (χ0n) is 12.0. The number of furan rings is 1. The van der Waals surface area contributed by atoms with E-state index < -0.39 is 0 Å². The van der Waals surface area contributed by atoms with Crippen molar-refractivity contribution in [3.63, 3.8) is 0 Å². The Labute approximate surface area is 115 Å². The molecule has 0 radical (unpaired) electrons. The Morgan fingerprint density at radius 1 is 1.37 bits per heavy atom. The lowest BCUT2D eigenvalue weighted by Gasteiger charge is -2.07. The third kappa shape index (κ3) is 5.35. The molecule has 1 unspecified atom stereocenters. The van der Waals surface area contributed by atoms with Crippen LogP contribution in [0.4, 0.5) is 0 Å². The summed E-state index contributed by atoms with van der Waals surface area (Å²) >= 11 is 0. The van der Waals surface area contributed by atoms with Gasteiger partial charge in [-0.1, -0.05) is 13.8 Å². The van der Waals surface area contributed by atoms with Crippen LogP contribution in [0.1, 0.15) is 31.8 Å². The van der Waals surface area contributed by atoms with Gasteiger partial charge in [0.15, 0.2) is 0 Å². The molecule has 0 saturated carbocycles. The molecular formula is C15H25NO3. The van der Waals surface area contributed by atoms with Crippen LogP contribution in [0.15, 0.2) is 16.5 Å². The van der Waals surface area contributed by atoms with Crippen LogP contribution in [0.5, 0.6) is 0 Å². The molecule has 1 aliphatic rings. The van der Waals surface area contributed by atoms with Crippen molar-refractivity contribution in [2.75, 3.05) is 26.4 Å². The van der Waals surface area contributed by atoms with Crippen molar-refractivity contribution in [1.82, 2.24) is 5.32 Å². The monoisotopic (exact) mass is 267 g/mol. The highest BCUT2D eigenvalue weighted by Crippen LogP contribution is 2.14. The van der Waals surface area contributed by atoms with Crippen molar-refractivity contribution < 1.29 is 13.9 Å². The van der Waals surface area contributed by atoms with E-state index in [1.165, 1.54) is 0 Å². The molecule has 2 rings (SSSR count). The first-order valence-corrected chi connectivity index (χ1v) is 7.18. The van der Waals surface area contributed by atoms with E-state index >= 15 is 0 Å². The van der Waals surface area contributed by atoms with Gasteiger partial charge in [-0.15, -0.1) is 0 Å². The molecule has 4 nitrogen and oxygen atoms in total. The van der Waals surface area contributed by atoms with Gasteiger partial charge in [-0.05, 0) is 31.0 Å². The molecule has 19 heavy (non-hydrogen) atoms. The average molecular weight is 267 g/mol. The van der Waals surface area contributed by atoms with Crippen molar-refractivity contribution in [3.8, 4) is 0 Å². The Morgan fingerprint density at radius 2 is 2.21 bits per heavy atom.